The Morgan fingerprint density at radius 3 is 2.08 bits per heavy atom. The molecule has 6 nitrogen and oxygen atoms in total. The molecule has 0 unspecified atom stereocenters. The van der Waals surface area contributed by atoms with E-state index in [0.717, 1.165) is 0 Å². The monoisotopic (exact) mass is 188 g/mol. The molecule has 6 heteroatoms. The summed E-state index contributed by atoms with van der Waals surface area (Å²) in [5, 5.41) is 0. The molecule has 0 saturated heterocycles. The van der Waals surface area contributed by atoms with Crippen LogP contribution in [0.3, 0.4) is 0 Å². The molecular formula is C7H16N4O2. The van der Waals surface area contributed by atoms with Gasteiger partial charge in [-0.25, -0.2) is 10.9 Å². The lowest BCUT2D eigenvalue weighted by atomic mass is 10.1. The Morgan fingerprint density at radius 1 is 1.31 bits per heavy atom. The zero-order chi connectivity index (χ0) is 10.6. The molecule has 0 rings (SSSR count). The number of hydrogen-bond donors (Lipinski definition) is 4. The summed E-state index contributed by atoms with van der Waals surface area (Å²) in [7, 11) is 0. The minimum Gasteiger partial charge on any atom is -0.368 e. The Bertz CT molecular complexity index is 215. The maximum Gasteiger partial charge on any atom is 0.238 e. The number of hydrazine groups is 1. The van der Waals surface area contributed by atoms with Crippen LogP contribution in [0.4, 0.5) is 0 Å². The van der Waals surface area contributed by atoms with Crippen LogP contribution in [0.15, 0.2) is 0 Å². The molecule has 76 valence electrons. The normalized spacial score (nSPS) is 13.8. The van der Waals surface area contributed by atoms with Crippen molar-refractivity contribution in [3.05, 3.63) is 0 Å². The lowest BCUT2D eigenvalue weighted by Gasteiger charge is -2.24. The third-order valence-electron chi connectivity index (χ3n) is 1.64. The van der Waals surface area contributed by atoms with Crippen LogP contribution in [-0.2, 0) is 9.59 Å². The third kappa shape index (κ3) is 3.86. The Kier molecular flexibility index (Phi) is 3.83. The minimum absolute atomic E-state index is 0.507. The summed E-state index contributed by atoms with van der Waals surface area (Å²) >= 11 is 0. The van der Waals surface area contributed by atoms with Gasteiger partial charge in [-0.1, -0.05) is 0 Å². The van der Waals surface area contributed by atoms with E-state index in [1.165, 1.54) is 0 Å². The second kappa shape index (κ2) is 4.20. The fourth-order valence-electron chi connectivity index (χ4n) is 0.421. The first-order valence-corrected chi connectivity index (χ1v) is 3.89. The fourth-order valence-corrected chi connectivity index (χ4v) is 0.421. The smallest absolute Gasteiger partial charge is 0.238 e. The van der Waals surface area contributed by atoms with E-state index in [1.807, 2.05) is 0 Å². The first-order valence-electron chi connectivity index (χ1n) is 3.89. The highest BCUT2D eigenvalue weighted by Crippen LogP contribution is 1.97. The first-order chi connectivity index (χ1) is 5.77. The topological polar surface area (TPSA) is 110 Å². The lowest BCUT2D eigenvalue weighted by molar-refractivity contribution is -0.125. The summed E-state index contributed by atoms with van der Waals surface area (Å²) in [5.41, 5.74) is 14.3. The minimum atomic E-state index is -0.913. The van der Waals surface area contributed by atoms with Gasteiger partial charge in [0.2, 0.25) is 11.8 Å². The molecule has 0 aromatic carbocycles. The second-order valence-corrected chi connectivity index (χ2v) is 3.38. The summed E-state index contributed by atoms with van der Waals surface area (Å²) < 4.78 is 0. The summed E-state index contributed by atoms with van der Waals surface area (Å²) in [6.07, 6.45) is 0. The van der Waals surface area contributed by atoms with Gasteiger partial charge in [-0.15, -0.1) is 0 Å². The van der Waals surface area contributed by atoms with Crippen molar-refractivity contribution in [2.24, 2.45) is 11.5 Å². The number of amides is 2. The highest BCUT2D eigenvalue weighted by molar-refractivity contribution is 5.83. The van der Waals surface area contributed by atoms with Gasteiger partial charge in [0.25, 0.3) is 0 Å². The molecule has 0 aliphatic carbocycles. The van der Waals surface area contributed by atoms with Crippen molar-refractivity contribution in [1.82, 2.24) is 10.9 Å². The van der Waals surface area contributed by atoms with Crippen molar-refractivity contribution in [1.29, 1.82) is 0 Å². The second-order valence-electron chi connectivity index (χ2n) is 3.38. The van der Waals surface area contributed by atoms with Gasteiger partial charge in [0, 0.05) is 0 Å². The summed E-state index contributed by atoms with van der Waals surface area (Å²) in [6, 6.07) is -0.557. The lowest BCUT2D eigenvalue weighted by Crippen LogP contribution is -2.60. The standard InChI is InChI=1S/C7H16N4O2/c1-4(5(8)12)10-11-7(2,3)6(9)13/h4,10-11H,1-3H3,(H2,8,12)(H2,9,13)/t4-/m0/s1. The number of carbonyl (C=O) groups is 2. The predicted molar refractivity (Wildman–Crippen MR) is 48.2 cm³/mol. The van der Waals surface area contributed by atoms with Gasteiger partial charge < -0.3 is 11.5 Å². The van der Waals surface area contributed by atoms with Gasteiger partial charge in [0.1, 0.15) is 5.54 Å². The zero-order valence-electron chi connectivity index (χ0n) is 8.05. The maximum absolute atomic E-state index is 10.8. The number of carbonyl (C=O) groups excluding carboxylic acids is 2. The molecule has 0 aliphatic rings. The van der Waals surface area contributed by atoms with Crippen molar-refractivity contribution in [3.8, 4) is 0 Å². The quantitative estimate of drug-likeness (QED) is 0.382. The van der Waals surface area contributed by atoms with Gasteiger partial charge in [0.15, 0.2) is 0 Å². The molecule has 2 amide bonds. The highest BCUT2D eigenvalue weighted by Gasteiger charge is 2.25. The van der Waals surface area contributed by atoms with Gasteiger partial charge in [-0.3, -0.25) is 9.59 Å². The van der Waals surface area contributed by atoms with Crippen LogP contribution in [-0.4, -0.2) is 23.4 Å². The molecule has 0 fully saturated rings. The third-order valence-corrected chi connectivity index (χ3v) is 1.64. The van der Waals surface area contributed by atoms with Gasteiger partial charge >= 0.3 is 0 Å². The van der Waals surface area contributed by atoms with E-state index in [4.69, 9.17) is 11.5 Å². The number of nitrogens with two attached hydrogens (primary N) is 2. The van der Waals surface area contributed by atoms with Crippen LogP contribution in [0.2, 0.25) is 0 Å². The predicted octanol–water partition coefficient (Wildman–Crippen LogP) is -1.78. The number of primary amides is 2. The summed E-state index contributed by atoms with van der Waals surface area (Å²) in [4.78, 5) is 21.4. The molecule has 1 atom stereocenters. The maximum atomic E-state index is 10.8. The van der Waals surface area contributed by atoms with Crippen LogP contribution in [0.25, 0.3) is 0 Å². The molecule has 0 heterocycles. The van der Waals surface area contributed by atoms with Crippen molar-refractivity contribution in [2.75, 3.05) is 0 Å². The van der Waals surface area contributed by atoms with E-state index in [-0.39, 0.29) is 0 Å². The molecular weight excluding hydrogens is 172 g/mol. The van der Waals surface area contributed by atoms with Crippen LogP contribution in [0.5, 0.6) is 0 Å². The van der Waals surface area contributed by atoms with Gasteiger partial charge in [-0.2, -0.15) is 0 Å². The Hall–Kier alpha value is -1.14. The fraction of sp³-hybridized carbons (Fsp3) is 0.714. The molecule has 0 saturated carbocycles. The SMILES string of the molecule is C[C@H](NNC(C)(C)C(N)=O)C(N)=O. The van der Waals surface area contributed by atoms with Crippen LogP contribution in [0.1, 0.15) is 20.8 Å². The average Bonchev–Trinajstić information content (AvgIpc) is 1.99. The molecule has 0 radical (unpaired) electrons. The van der Waals surface area contributed by atoms with Crippen LogP contribution >= 0.6 is 0 Å². The Balaban J connectivity index is 4.02. The van der Waals surface area contributed by atoms with E-state index < -0.39 is 23.4 Å². The largest absolute Gasteiger partial charge is 0.368 e. The molecule has 0 aliphatic heterocycles. The van der Waals surface area contributed by atoms with Crippen LogP contribution < -0.4 is 22.3 Å². The van der Waals surface area contributed by atoms with Crippen molar-refractivity contribution < 1.29 is 9.59 Å². The number of hydrogen-bond acceptors (Lipinski definition) is 4. The molecule has 6 N–H and O–H groups in total. The van der Waals surface area contributed by atoms with Crippen molar-refractivity contribution in [2.45, 2.75) is 32.4 Å². The summed E-state index contributed by atoms with van der Waals surface area (Å²) in [5.74, 6) is -1.02. The summed E-state index contributed by atoms with van der Waals surface area (Å²) in [6.45, 7) is 4.76. The van der Waals surface area contributed by atoms with Crippen LogP contribution in [0, 0.1) is 0 Å². The Labute approximate surface area is 77.0 Å². The van der Waals surface area contributed by atoms with E-state index in [1.54, 1.807) is 20.8 Å². The molecule has 0 spiro atoms. The molecule has 0 aromatic heterocycles. The van der Waals surface area contributed by atoms with E-state index >= 15 is 0 Å². The van der Waals surface area contributed by atoms with Gasteiger partial charge in [-0.05, 0) is 20.8 Å². The van der Waals surface area contributed by atoms with E-state index in [9.17, 15) is 9.59 Å². The molecule has 0 bridgehead atoms. The van der Waals surface area contributed by atoms with Crippen molar-refractivity contribution >= 4 is 11.8 Å². The van der Waals surface area contributed by atoms with E-state index in [2.05, 4.69) is 10.9 Å². The zero-order valence-corrected chi connectivity index (χ0v) is 8.05. The average molecular weight is 188 g/mol. The van der Waals surface area contributed by atoms with E-state index in [0.29, 0.717) is 0 Å². The number of nitrogens with one attached hydrogen (secondary N) is 2. The molecule has 0 aromatic rings. The van der Waals surface area contributed by atoms with Gasteiger partial charge in [0.05, 0.1) is 6.04 Å². The highest BCUT2D eigenvalue weighted by atomic mass is 16.2. The van der Waals surface area contributed by atoms with Crippen molar-refractivity contribution in [3.63, 3.8) is 0 Å². The first kappa shape index (κ1) is 11.9. The Morgan fingerprint density at radius 2 is 1.77 bits per heavy atom. The molecule has 13 heavy (non-hydrogen) atoms. The number of rotatable bonds is 5.